The Morgan fingerprint density at radius 1 is 1.07 bits per heavy atom. The van der Waals surface area contributed by atoms with Gasteiger partial charge >= 0.3 is 37.7 Å². The predicted octanol–water partition coefficient (Wildman–Crippen LogP) is -7.14. The fraction of sp³-hybridized carbons (Fsp3) is 1.00. The second kappa shape index (κ2) is 7.31. The zero-order chi connectivity index (χ0) is 9.99. The Morgan fingerprint density at radius 2 is 1.43 bits per heavy atom. The number of hydrogen-bond acceptors (Lipinski definition) is 6. The Labute approximate surface area is 108 Å². The van der Waals surface area contributed by atoms with Crippen LogP contribution in [-0.4, -0.2) is 36.9 Å². The molecule has 74 valence electrons. The van der Waals surface area contributed by atoms with Gasteiger partial charge in [-0.05, 0) is 13.3 Å². The summed E-state index contributed by atoms with van der Waals surface area (Å²) in [6.45, 7) is 1.06. The molecular formula is C4H8Li2O6S2. The SMILES string of the molecule is CC(CCS(=O)(=O)[O-])S(=O)(=O)[O-].[Li+].[Li+]. The van der Waals surface area contributed by atoms with Gasteiger partial charge in [-0.15, -0.1) is 0 Å². The largest absolute Gasteiger partial charge is 1.00 e. The average molecular weight is 230 g/mol. The van der Waals surface area contributed by atoms with Gasteiger partial charge < -0.3 is 9.11 Å². The van der Waals surface area contributed by atoms with Gasteiger partial charge in [0.05, 0.1) is 20.2 Å². The van der Waals surface area contributed by atoms with Crippen LogP contribution in [0.1, 0.15) is 13.3 Å². The van der Waals surface area contributed by atoms with Gasteiger partial charge in [0, 0.05) is 11.0 Å². The van der Waals surface area contributed by atoms with E-state index in [1.54, 1.807) is 0 Å². The molecule has 0 N–H and O–H groups in total. The van der Waals surface area contributed by atoms with Crippen molar-refractivity contribution < 1.29 is 63.7 Å². The van der Waals surface area contributed by atoms with Crippen LogP contribution in [0.3, 0.4) is 0 Å². The molecule has 10 heteroatoms. The van der Waals surface area contributed by atoms with E-state index in [1.165, 1.54) is 0 Å². The molecule has 0 rings (SSSR count). The molecule has 0 aliphatic heterocycles. The molecule has 0 bridgehead atoms. The molecular weight excluding hydrogens is 222 g/mol. The molecule has 0 spiro atoms. The van der Waals surface area contributed by atoms with Gasteiger partial charge in [-0.25, -0.2) is 16.8 Å². The molecule has 0 radical (unpaired) electrons. The summed E-state index contributed by atoms with van der Waals surface area (Å²) < 4.78 is 60.6. The molecule has 0 aliphatic carbocycles. The van der Waals surface area contributed by atoms with Crippen molar-refractivity contribution in [3.05, 3.63) is 0 Å². The summed E-state index contributed by atoms with van der Waals surface area (Å²) in [5.41, 5.74) is 0. The van der Waals surface area contributed by atoms with Crippen LogP contribution in [0.5, 0.6) is 0 Å². The molecule has 0 amide bonds. The normalized spacial score (nSPS) is 13.6. The van der Waals surface area contributed by atoms with Crippen molar-refractivity contribution in [1.29, 1.82) is 0 Å². The van der Waals surface area contributed by atoms with E-state index in [0.717, 1.165) is 6.92 Å². The van der Waals surface area contributed by atoms with Crippen molar-refractivity contribution >= 4 is 20.2 Å². The standard InChI is InChI=1S/C4H10O6S2.2Li/c1-4(12(8,9)10)2-3-11(5,6)7;;/h4H,2-3H2,1H3,(H,5,6,7)(H,8,9,10);;/q;2*+1/p-2. The van der Waals surface area contributed by atoms with Crippen LogP contribution in [0.15, 0.2) is 0 Å². The maximum absolute atomic E-state index is 10.2. The first-order valence-electron chi connectivity index (χ1n) is 3.01. The quantitative estimate of drug-likeness (QED) is 0.350. The molecule has 0 aromatic heterocycles. The average Bonchev–Trinajstić information content (AvgIpc) is 1.78. The zero-order valence-corrected chi connectivity index (χ0v) is 9.89. The number of hydrogen-bond donors (Lipinski definition) is 0. The molecule has 0 aliphatic rings. The summed E-state index contributed by atoms with van der Waals surface area (Å²) in [5.74, 6) is -0.824. The van der Waals surface area contributed by atoms with Crippen LogP contribution in [-0.2, 0) is 20.2 Å². The van der Waals surface area contributed by atoms with E-state index < -0.39 is 37.7 Å². The molecule has 1 unspecified atom stereocenters. The molecule has 0 fully saturated rings. The Bertz CT molecular complexity index is 333. The van der Waals surface area contributed by atoms with Crippen LogP contribution >= 0.6 is 0 Å². The van der Waals surface area contributed by atoms with Crippen molar-refractivity contribution in [2.75, 3.05) is 5.75 Å². The second-order valence-corrected chi connectivity index (χ2v) is 5.67. The minimum absolute atomic E-state index is 0. The maximum atomic E-state index is 10.2. The first-order valence-corrected chi connectivity index (χ1v) is 6.06. The zero-order valence-electron chi connectivity index (χ0n) is 8.26. The summed E-state index contributed by atoms with van der Waals surface area (Å²) in [4.78, 5) is 0. The smallest absolute Gasteiger partial charge is 0.748 e. The van der Waals surface area contributed by atoms with Gasteiger partial charge in [0.1, 0.15) is 0 Å². The van der Waals surface area contributed by atoms with E-state index >= 15 is 0 Å². The van der Waals surface area contributed by atoms with Crippen molar-refractivity contribution in [3.8, 4) is 0 Å². The fourth-order valence-corrected chi connectivity index (χ4v) is 1.65. The first-order chi connectivity index (χ1) is 5.13. The maximum Gasteiger partial charge on any atom is 1.00 e. The van der Waals surface area contributed by atoms with Crippen LogP contribution in [0.4, 0.5) is 0 Å². The summed E-state index contributed by atoms with van der Waals surface area (Å²) in [6.07, 6.45) is -0.447. The monoisotopic (exact) mass is 230 g/mol. The van der Waals surface area contributed by atoms with E-state index in [4.69, 9.17) is 0 Å². The molecule has 0 saturated heterocycles. The van der Waals surface area contributed by atoms with E-state index in [1.807, 2.05) is 0 Å². The van der Waals surface area contributed by atoms with Gasteiger partial charge in [0.15, 0.2) is 0 Å². The Hall–Kier alpha value is 1.01. The molecule has 0 heterocycles. The van der Waals surface area contributed by atoms with E-state index in [0.29, 0.717) is 0 Å². The van der Waals surface area contributed by atoms with Crippen LogP contribution in [0.2, 0.25) is 0 Å². The number of rotatable bonds is 4. The van der Waals surface area contributed by atoms with Crippen molar-refractivity contribution in [2.45, 2.75) is 18.6 Å². The van der Waals surface area contributed by atoms with Gasteiger partial charge in [-0.1, -0.05) is 0 Å². The molecule has 1 atom stereocenters. The third-order valence-electron chi connectivity index (χ3n) is 1.27. The molecule has 0 aromatic carbocycles. The Morgan fingerprint density at radius 3 is 1.64 bits per heavy atom. The predicted molar refractivity (Wildman–Crippen MR) is 38.3 cm³/mol. The summed E-state index contributed by atoms with van der Waals surface area (Å²) >= 11 is 0. The van der Waals surface area contributed by atoms with E-state index in [9.17, 15) is 25.9 Å². The second-order valence-electron chi connectivity index (χ2n) is 2.35. The first kappa shape index (κ1) is 20.4. The topological polar surface area (TPSA) is 114 Å². The fourth-order valence-electron chi connectivity index (χ4n) is 0.455. The van der Waals surface area contributed by atoms with Gasteiger partial charge in [0.25, 0.3) is 0 Å². The summed E-state index contributed by atoms with van der Waals surface area (Å²) in [7, 11) is -8.91. The van der Waals surface area contributed by atoms with E-state index in [2.05, 4.69) is 0 Å². The third kappa shape index (κ3) is 11.1. The third-order valence-corrected chi connectivity index (χ3v) is 3.22. The van der Waals surface area contributed by atoms with Crippen molar-refractivity contribution in [3.63, 3.8) is 0 Å². The van der Waals surface area contributed by atoms with Crippen molar-refractivity contribution in [1.82, 2.24) is 0 Å². The minimum Gasteiger partial charge on any atom is -0.748 e. The van der Waals surface area contributed by atoms with Crippen molar-refractivity contribution in [2.24, 2.45) is 0 Å². The molecule has 14 heavy (non-hydrogen) atoms. The molecule has 0 saturated carbocycles. The Kier molecular flexibility index (Phi) is 10.7. The van der Waals surface area contributed by atoms with Gasteiger partial charge in [0.2, 0.25) is 0 Å². The minimum atomic E-state index is -4.48. The summed E-state index contributed by atoms with van der Waals surface area (Å²) in [5, 5.41) is -1.33. The molecule has 6 nitrogen and oxygen atoms in total. The van der Waals surface area contributed by atoms with E-state index in [-0.39, 0.29) is 37.7 Å². The Balaban J connectivity index is -0.000000605. The van der Waals surface area contributed by atoms with Gasteiger partial charge in [-0.2, -0.15) is 0 Å². The van der Waals surface area contributed by atoms with Gasteiger partial charge in [-0.3, -0.25) is 0 Å². The van der Waals surface area contributed by atoms with Crippen LogP contribution < -0.4 is 37.7 Å². The molecule has 0 aromatic rings. The van der Waals surface area contributed by atoms with Crippen LogP contribution in [0, 0.1) is 0 Å². The summed E-state index contributed by atoms with van der Waals surface area (Å²) in [6, 6.07) is 0. The van der Waals surface area contributed by atoms with Crippen LogP contribution in [0.25, 0.3) is 0 Å².